The lowest BCUT2D eigenvalue weighted by molar-refractivity contribution is -0.117. The minimum atomic E-state index is -0.356. The molecule has 26 heavy (non-hydrogen) atoms. The molecular weight excluding hydrogens is 322 g/mol. The second kappa shape index (κ2) is 8.50. The maximum absolute atomic E-state index is 12.2. The van der Waals surface area contributed by atoms with Crippen molar-refractivity contribution in [1.82, 2.24) is 10.3 Å². The highest BCUT2D eigenvalue weighted by molar-refractivity contribution is 5.97. The predicted octanol–water partition coefficient (Wildman–Crippen LogP) is 3.99. The van der Waals surface area contributed by atoms with E-state index in [1.54, 1.807) is 6.08 Å². The molecule has 0 saturated heterocycles. The Kier molecular flexibility index (Phi) is 5.64. The predicted molar refractivity (Wildman–Crippen MR) is 104 cm³/mol. The zero-order valence-electron chi connectivity index (χ0n) is 14.3. The van der Waals surface area contributed by atoms with Crippen molar-refractivity contribution >= 4 is 22.9 Å². The van der Waals surface area contributed by atoms with E-state index in [1.165, 1.54) is 6.08 Å². The summed E-state index contributed by atoms with van der Waals surface area (Å²) in [5.74, 6) is -0.356. The number of hydrogen-bond donors (Lipinski definition) is 2. The molecule has 0 aliphatic carbocycles. The van der Waals surface area contributed by atoms with Crippen LogP contribution in [0.2, 0.25) is 0 Å². The van der Waals surface area contributed by atoms with Gasteiger partial charge in [-0.05, 0) is 29.7 Å². The molecule has 2 aromatic carbocycles. The molecule has 0 unspecified atom stereocenters. The highest BCUT2D eigenvalue weighted by Gasteiger charge is 2.08. The van der Waals surface area contributed by atoms with E-state index in [-0.39, 0.29) is 11.5 Å². The molecule has 0 atom stereocenters. The number of aromatic nitrogens is 1. The van der Waals surface area contributed by atoms with Gasteiger partial charge in [-0.2, -0.15) is 5.26 Å². The Balaban J connectivity index is 1.57. The highest BCUT2D eigenvalue weighted by atomic mass is 16.1. The fourth-order valence-corrected chi connectivity index (χ4v) is 2.73. The molecule has 3 aromatic rings. The van der Waals surface area contributed by atoms with E-state index in [4.69, 9.17) is 0 Å². The van der Waals surface area contributed by atoms with Crippen molar-refractivity contribution in [3.8, 4) is 6.07 Å². The van der Waals surface area contributed by atoms with Crippen LogP contribution in [0.25, 0.3) is 17.0 Å². The number of nitrogens with one attached hydrogen (secondary N) is 2. The van der Waals surface area contributed by atoms with E-state index in [1.807, 2.05) is 66.9 Å². The zero-order chi connectivity index (χ0) is 18.2. The normalized spacial score (nSPS) is 11.6. The van der Waals surface area contributed by atoms with E-state index >= 15 is 0 Å². The quantitative estimate of drug-likeness (QED) is 0.404. The molecular formula is C22H19N3O. The molecule has 1 heterocycles. The van der Waals surface area contributed by atoms with Crippen molar-refractivity contribution < 1.29 is 4.79 Å². The summed E-state index contributed by atoms with van der Waals surface area (Å²) in [6, 6.07) is 19.7. The summed E-state index contributed by atoms with van der Waals surface area (Å²) in [5.41, 5.74) is 3.33. The van der Waals surface area contributed by atoms with Gasteiger partial charge in [0.2, 0.25) is 0 Å². The molecule has 0 aliphatic heterocycles. The number of H-pyrrole nitrogens is 1. The number of para-hydroxylation sites is 1. The van der Waals surface area contributed by atoms with Gasteiger partial charge in [0.1, 0.15) is 11.6 Å². The minimum absolute atomic E-state index is 0.0936. The van der Waals surface area contributed by atoms with Gasteiger partial charge in [-0.1, -0.05) is 60.7 Å². The molecule has 1 amide bonds. The van der Waals surface area contributed by atoms with Gasteiger partial charge in [0, 0.05) is 23.6 Å². The molecule has 3 rings (SSSR count). The zero-order valence-corrected chi connectivity index (χ0v) is 14.3. The number of nitrogens with zero attached hydrogens (tertiary/aromatic N) is 1. The van der Waals surface area contributed by atoms with Crippen LogP contribution in [0.1, 0.15) is 11.1 Å². The molecule has 2 N–H and O–H groups in total. The molecule has 0 radical (unpaired) electrons. The second-order valence-corrected chi connectivity index (χ2v) is 5.83. The van der Waals surface area contributed by atoms with Crippen LogP contribution in [0, 0.1) is 11.3 Å². The average Bonchev–Trinajstić information content (AvgIpc) is 3.09. The lowest BCUT2D eigenvalue weighted by Crippen LogP contribution is -2.26. The molecule has 4 nitrogen and oxygen atoms in total. The van der Waals surface area contributed by atoms with Crippen LogP contribution in [-0.4, -0.2) is 17.4 Å². The third kappa shape index (κ3) is 4.28. The monoisotopic (exact) mass is 341 g/mol. The lowest BCUT2D eigenvalue weighted by Gasteiger charge is -2.03. The van der Waals surface area contributed by atoms with Crippen molar-refractivity contribution in [1.29, 1.82) is 5.26 Å². The summed E-state index contributed by atoms with van der Waals surface area (Å²) in [5, 5.41) is 13.2. The maximum atomic E-state index is 12.2. The van der Waals surface area contributed by atoms with Gasteiger partial charge in [0.05, 0.1) is 0 Å². The van der Waals surface area contributed by atoms with Crippen LogP contribution >= 0.6 is 0 Å². The Morgan fingerprint density at radius 3 is 2.69 bits per heavy atom. The Hall–Kier alpha value is -3.58. The summed E-state index contributed by atoms with van der Waals surface area (Å²) in [7, 11) is 0. The number of fused-ring (bicyclic) bond motifs is 1. The van der Waals surface area contributed by atoms with Crippen LogP contribution in [0.4, 0.5) is 0 Å². The number of benzene rings is 2. The standard InChI is InChI=1S/C22H19N3O/c23-15-18(10-6-9-17-7-2-1-3-8-17)22(26)24-14-13-19-16-25-21-12-5-4-11-20(19)21/h1-12,16,25H,13-14H2,(H,24,26). The lowest BCUT2D eigenvalue weighted by atomic mass is 10.1. The van der Waals surface area contributed by atoms with E-state index < -0.39 is 0 Å². The number of aromatic amines is 1. The van der Waals surface area contributed by atoms with Crippen LogP contribution in [-0.2, 0) is 11.2 Å². The molecule has 0 spiro atoms. The van der Waals surface area contributed by atoms with Crippen LogP contribution in [0.5, 0.6) is 0 Å². The van der Waals surface area contributed by atoms with Crippen LogP contribution in [0.3, 0.4) is 0 Å². The van der Waals surface area contributed by atoms with Crippen molar-refractivity contribution in [2.24, 2.45) is 0 Å². The van der Waals surface area contributed by atoms with Gasteiger partial charge in [-0.3, -0.25) is 4.79 Å². The number of carbonyl (C=O) groups excluding carboxylic acids is 1. The molecule has 0 bridgehead atoms. The number of nitriles is 1. The number of allylic oxidation sites excluding steroid dienone is 2. The van der Waals surface area contributed by atoms with Crippen molar-refractivity contribution in [2.75, 3.05) is 6.54 Å². The van der Waals surface area contributed by atoms with Gasteiger partial charge >= 0.3 is 0 Å². The summed E-state index contributed by atoms with van der Waals surface area (Å²) in [6.45, 7) is 0.474. The Morgan fingerprint density at radius 1 is 1.12 bits per heavy atom. The summed E-state index contributed by atoms with van der Waals surface area (Å²) < 4.78 is 0. The van der Waals surface area contributed by atoms with Gasteiger partial charge in [-0.25, -0.2) is 0 Å². The van der Waals surface area contributed by atoms with E-state index in [9.17, 15) is 10.1 Å². The van der Waals surface area contributed by atoms with Crippen LogP contribution in [0.15, 0.2) is 78.5 Å². The van der Waals surface area contributed by atoms with Gasteiger partial charge in [0.25, 0.3) is 5.91 Å². The Labute approximate surface area is 152 Å². The van der Waals surface area contributed by atoms with Crippen molar-refractivity contribution in [3.05, 3.63) is 89.6 Å². The minimum Gasteiger partial charge on any atom is -0.361 e. The highest BCUT2D eigenvalue weighted by Crippen LogP contribution is 2.17. The molecule has 1 aromatic heterocycles. The SMILES string of the molecule is N#CC(=CC=Cc1ccccc1)C(=O)NCCc1c[nH]c2ccccc12. The molecule has 4 heteroatoms. The smallest absolute Gasteiger partial charge is 0.261 e. The van der Waals surface area contributed by atoms with E-state index in [0.717, 1.165) is 22.0 Å². The summed E-state index contributed by atoms with van der Waals surface area (Å²) in [6.07, 6.45) is 7.77. The molecule has 128 valence electrons. The van der Waals surface area contributed by atoms with Crippen molar-refractivity contribution in [2.45, 2.75) is 6.42 Å². The first-order valence-electron chi connectivity index (χ1n) is 8.44. The maximum Gasteiger partial charge on any atom is 0.261 e. The van der Waals surface area contributed by atoms with E-state index in [0.29, 0.717) is 13.0 Å². The van der Waals surface area contributed by atoms with Gasteiger partial charge in [-0.15, -0.1) is 0 Å². The molecule has 0 saturated carbocycles. The second-order valence-electron chi connectivity index (χ2n) is 5.83. The van der Waals surface area contributed by atoms with Crippen molar-refractivity contribution in [3.63, 3.8) is 0 Å². The summed E-state index contributed by atoms with van der Waals surface area (Å²) in [4.78, 5) is 15.4. The Morgan fingerprint density at radius 2 is 1.88 bits per heavy atom. The number of carbonyl (C=O) groups is 1. The fourth-order valence-electron chi connectivity index (χ4n) is 2.73. The fraction of sp³-hybridized carbons (Fsp3) is 0.0909. The third-order valence-corrected chi connectivity index (χ3v) is 4.07. The molecule has 0 aliphatic rings. The van der Waals surface area contributed by atoms with Gasteiger partial charge in [0.15, 0.2) is 0 Å². The Bertz CT molecular complexity index is 991. The first kappa shape index (κ1) is 17.2. The molecule has 0 fully saturated rings. The summed E-state index contributed by atoms with van der Waals surface area (Å²) >= 11 is 0. The first-order chi connectivity index (χ1) is 12.8. The van der Waals surface area contributed by atoms with Gasteiger partial charge < -0.3 is 10.3 Å². The first-order valence-corrected chi connectivity index (χ1v) is 8.44. The van der Waals surface area contributed by atoms with E-state index in [2.05, 4.69) is 16.4 Å². The third-order valence-electron chi connectivity index (χ3n) is 4.07. The van der Waals surface area contributed by atoms with Crippen LogP contribution < -0.4 is 5.32 Å². The number of amides is 1. The largest absolute Gasteiger partial charge is 0.361 e. The topological polar surface area (TPSA) is 68.7 Å². The average molecular weight is 341 g/mol. The number of rotatable bonds is 6. The number of hydrogen-bond acceptors (Lipinski definition) is 2.